The van der Waals surface area contributed by atoms with E-state index < -0.39 is 0 Å². The normalized spacial score (nSPS) is 14.8. The lowest BCUT2D eigenvalue weighted by atomic mass is 9.93. The highest BCUT2D eigenvalue weighted by molar-refractivity contribution is 5.21. The number of halogens is 1. The van der Waals surface area contributed by atoms with Crippen LogP contribution in [0.1, 0.15) is 24.8 Å². The maximum atomic E-state index is 12.8. The second-order valence-electron chi connectivity index (χ2n) is 4.09. The Morgan fingerprint density at radius 2 is 1.94 bits per heavy atom. The van der Waals surface area contributed by atoms with E-state index >= 15 is 0 Å². The summed E-state index contributed by atoms with van der Waals surface area (Å²) in [6, 6.07) is 6.71. The zero-order valence-electron chi connectivity index (χ0n) is 10.2. The predicted octanol–water partition coefficient (Wildman–Crippen LogP) is 2.55. The lowest BCUT2D eigenvalue weighted by Crippen LogP contribution is -2.21. The first kappa shape index (κ1) is 13.1. The van der Waals surface area contributed by atoms with Crippen molar-refractivity contribution >= 4 is 0 Å². The molecule has 0 spiro atoms. The van der Waals surface area contributed by atoms with Crippen LogP contribution in [0.2, 0.25) is 0 Å². The van der Waals surface area contributed by atoms with Gasteiger partial charge in [0.25, 0.3) is 0 Å². The van der Waals surface area contributed by atoms with Gasteiger partial charge in [-0.3, -0.25) is 0 Å². The highest BCUT2D eigenvalue weighted by Crippen LogP contribution is 2.21. The molecular weight excluding hydrogens is 205 g/mol. The van der Waals surface area contributed by atoms with Gasteiger partial charge in [0.1, 0.15) is 5.82 Å². The monoisotopic (exact) mass is 225 g/mol. The van der Waals surface area contributed by atoms with Gasteiger partial charge in [-0.15, -0.1) is 0 Å². The van der Waals surface area contributed by atoms with Gasteiger partial charge in [-0.05, 0) is 44.0 Å². The molecule has 1 aromatic rings. The molecule has 0 aliphatic heterocycles. The van der Waals surface area contributed by atoms with E-state index in [0.29, 0.717) is 5.92 Å². The van der Waals surface area contributed by atoms with E-state index in [0.717, 1.165) is 18.5 Å². The van der Waals surface area contributed by atoms with Crippen LogP contribution < -0.4 is 5.32 Å². The van der Waals surface area contributed by atoms with Crippen molar-refractivity contribution in [2.75, 3.05) is 20.7 Å². The number of methoxy groups -OCH3 is 1. The molecule has 1 rings (SSSR count). The third kappa shape index (κ3) is 3.91. The molecule has 16 heavy (non-hydrogen) atoms. The Balaban J connectivity index is 2.72. The molecule has 0 heterocycles. The SMILES string of the molecule is CNCC(CC(C)OC)c1ccc(F)cc1. The Morgan fingerprint density at radius 3 is 2.44 bits per heavy atom. The van der Waals surface area contributed by atoms with Crippen molar-refractivity contribution in [2.24, 2.45) is 0 Å². The minimum absolute atomic E-state index is 0.188. The van der Waals surface area contributed by atoms with Crippen LogP contribution in [0.3, 0.4) is 0 Å². The molecule has 2 nitrogen and oxygen atoms in total. The van der Waals surface area contributed by atoms with Crippen LogP contribution in [-0.4, -0.2) is 26.8 Å². The van der Waals surface area contributed by atoms with Gasteiger partial charge in [-0.1, -0.05) is 12.1 Å². The largest absolute Gasteiger partial charge is 0.382 e. The summed E-state index contributed by atoms with van der Waals surface area (Å²) >= 11 is 0. The van der Waals surface area contributed by atoms with Crippen molar-refractivity contribution in [3.63, 3.8) is 0 Å². The Labute approximate surface area is 96.8 Å². The lowest BCUT2D eigenvalue weighted by molar-refractivity contribution is 0.104. The van der Waals surface area contributed by atoms with E-state index in [1.54, 1.807) is 7.11 Å². The van der Waals surface area contributed by atoms with Gasteiger partial charge >= 0.3 is 0 Å². The fourth-order valence-electron chi connectivity index (χ4n) is 1.82. The van der Waals surface area contributed by atoms with Crippen LogP contribution in [-0.2, 0) is 4.74 Å². The minimum Gasteiger partial charge on any atom is -0.382 e. The molecule has 0 fully saturated rings. The summed E-state index contributed by atoms with van der Waals surface area (Å²) in [6.45, 7) is 2.92. The summed E-state index contributed by atoms with van der Waals surface area (Å²) in [6.07, 6.45) is 1.14. The molecule has 0 saturated carbocycles. The van der Waals surface area contributed by atoms with E-state index in [-0.39, 0.29) is 11.9 Å². The van der Waals surface area contributed by atoms with Crippen LogP contribution in [0.5, 0.6) is 0 Å². The molecule has 1 N–H and O–H groups in total. The molecule has 0 amide bonds. The highest BCUT2D eigenvalue weighted by Gasteiger charge is 2.14. The maximum absolute atomic E-state index is 12.8. The summed E-state index contributed by atoms with van der Waals surface area (Å²) < 4.78 is 18.1. The molecule has 2 atom stereocenters. The van der Waals surface area contributed by atoms with E-state index in [4.69, 9.17) is 4.74 Å². The van der Waals surface area contributed by atoms with Gasteiger partial charge in [0.15, 0.2) is 0 Å². The van der Waals surface area contributed by atoms with E-state index in [1.807, 2.05) is 26.1 Å². The molecule has 90 valence electrons. The Morgan fingerprint density at radius 1 is 1.31 bits per heavy atom. The van der Waals surface area contributed by atoms with Crippen molar-refractivity contribution in [2.45, 2.75) is 25.4 Å². The number of ether oxygens (including phenoxy) is 1. The van der Waals surface area contributed by atoms with Crippen LogP contribution in [0.15, 0.2) is 24.3 Å². The second kappa shape index (κ2) is 6.61. The lowest BCUT2D eigenvalue weighted by Gasteiger charge is -2.20. The predicted molar refractivity (Wildman–Crippen MR) is 64.2 cm³/mol. The van der Waals surface area contributed by atoms with Crippen LogP contribution in [0, 0.1) is 5.82 Å². The molecule has 0 aliphatic carbocycles. The topological polar surface area (TPSA) is 21.3 Å². The quantitative estimate of drug-likeness (QED) is 0.803. The van der Waals surface area contributed by atoms with Crippen molar-refractivity contribution < 1.29 is 9.13 Å². The molecule has 0 aliphatic rings. The van der Waals surface area contributed by atoms with Gasteiger partial charge in [0.05, 0.1) is 6.10 Å². The average Bonchev–Trinajstić information content (AvgIpc) is 2.29. The Kier molecular flexibility index (Phi) is 5.43. The standard InChI is InChI=1S/C13H20FNO/c1-10(16-3)8-12(9-15-2)11-4-6-13(14)7-5-11/h4-7,10,12,15H,8-9H2,1-3H3. The summed E-state index contributed by atoms with van der Waals surface area (Å²) in [5.74, 6) is 0.173. The van der Waals surface area contributed by atoms with Gasteiger partial charge < -0.3 is 10.1 Å². The first-order chi connectivity index (χ1) is 7.67. The third-order valence-electron chi connectivity index (χ3n) is 2.81. The highest BCUT2D eigenvalue weighted by atomic mass is 19.1. The third-order valence-corrected chi connectivity index (χ3v) is 2.81. The first-order valence-electron chi connectivity index (χ1n) is 5.60. The Bertz CT molecular complexity index is 299. The number of nitrogens with one attached hydrogen (secondary N) is 1. The molecule has 1 aromatic carbocycles. The van der Waals surface area contributed by atoms with Crippen molar-refractivity contribution in [3.05, 3.63) is 35.6 Å². The maximum Gasteiger partial charge on any atom is 0.123 e. The van der Waals surface area contributed by atoms with Crippen molar-refractivity contribution in [3.8, 4) is 0 Å². The zero-order valence-corrected chi connectivity index (χ0v) is 10.2. The summed E-state index contributed by atoms with van der Waals surface area (Å²) in [7, 11) is 3.64. The fourth-order valence-corrected chi connectivity index (χ4v) is 1.82. The van der Waals surface area contributed by atoms with Gasteiger partial charge in [-0.2, -0.15) is 0 Å². The number of hydrogen-bond donors (Lipinski definition) is 1. The van der Waals surface area contributed by atoms with E-state index in [9.17, 15) is 4.39 Å². The second-order valence-corrected chi connectivity index (χ2v) is 4.09. The van der Waals surface area contributed by atoms with Gasteiger partial charge in [0.2, 0.25) is 0 Å². The summed E-state index contributed by atoms with van der Waals surface area (Å²) in [5.41, 5.74) is 1.15. The Hall–Kier alpha value is -0.930. The van der Waals surface area contributed by atoms with E-state index in [1.165, 1.54) is 12.1 Å². The zero-order chi connectivity index (χ0) is 12.0. The van der Waals surface area contributed by atoms with E-state index in [2.05, 4.69) is 5.32 Å². The number of likely N-dealkylation sites (N-methyl/N-ethyl adjacent to an activating group) is 1. The smallest absolute Gasteiger partial charge is 0.123 e. The molecule has 0 radical (unpaired) electrons. The van der Waals surface area contributed by atoms with Crippen LogP contribution >= 0.6 is 0 Å². The van der Waals surface area contributed by atoms with Crippen LogP contribution in [0.25, 0.3) is 0 Å². The molecule has 0 bridgehead atoms. The summed E-state index contributed by atoms with van der Waals surface area (Å²) in [5, 5.41) is 3.16. The van der Waals surface area contributed by atoms with Crippen LogP contribution in [0.4, 0.5) is 4.39 Å². The summed E-state index contributed by atoms with van der Waals surface area (Å²) in [4.78, 5) is 0. The fraction of sp³-hybridized carbons (Fsp3) is 0.538. The number of hydrogen-bond acceptors (Lipinski definition) is 2. The molecule has 0 saturated heterocycles. The molecular formula is C13H20FNO. The van der Waals surface area contributed by atoms with Gasteiger partial charge in [-0.25, -0.2) is 4.39 Å². The molecule has 3 heteroatoms. The number of benzene rings is 1. The number of rotatable bonds is 6. The minimum atomic E-state index is -0.188. The van der Waals surface area contributed by atoms with Crippen molar-refractivity contribution in [1.82, 2.24) is 5.32 Å². The average molecular weight is 225 g/mol. The first-order valence-corrected chi connectivity index (χ1v) is 5.60. The van der Waals surface area contributed by atoms with Gasteiger partial charge in [0, 0.05) is 13.7 Å². The molecule has 0 aromatic heterocycles. The molecule has 2 unspecified atom stereocenters. The van der Waals surface area contributed by atoms with Crippen molar-refractivity contribution in [1.29, 1.82) is 0 Å².